The number of carboxylic acid groups (broad SMARTS) is 1. The summed E-state index contributed by atoms with van der Waals surface area (Å²) in [6.45, 7) is 2.19. The van der Waals surface area contributed by atoms with Crippen molar-refractivity contribution in [1.29, 1.82) is 0 Å². The molecule has 0 fully saturated rings. The van der Waals surface area contributed by atoms with Crippen LogP contribution in [0.2, 0.25) is 0 Å². The minimum absolute atomic E-state index is 0.200. The van der Waals surface area contributed by atoms with Crippen molar-refractivity contribution in [2.75, 3.05) is 11.9 Å². The number of carboxylic acids is 1. The Morgan fingerprint density at radius 3 is 2.50 bits per heavy atom. The Morgan fingerprint density at radius 1 is 1.19 bits per heavy atom. The number of benzene rings is 1. The summed E-state index contributed by atoms with van der Waals surface area (Å²) in [5.41, 5.74) is 0.826. The number of hydrogen-bond donors (Lipinski definition) is 3. The number of esters is 1. The van der Waals surface area contributed by atoms with E-state index in [1.807, 2.05) is 0 Å². The van der Waals surface area contributed by atoms with Gasteiger partial charge in [-0.15, -0.1) is 0 Å². The van der Waals surface area contributed by atoms with Crippen molar-refractivity contribution >= 4 is 23.5 Å². The molecule has 1 aromatic heterocycles. The van der Waals surface area contributed by atoms with Crippen molar-refractivity contribution < 1.29 is 28.6 Å². The second-order valence-corrected chi connectivity index (χ2v) is 5.40. The van der Waals surface area contributed by atoms with Crippen molar-refractivity contribution in [3.8, 4) is 0 Å². The maximum absolute atomic E-state index is 12.1. The molecule has 1 atom stereocenters. The molecule has 0 saturated carbocycles. The summed E-state index contributed by atoms with van der Waals surface area (Å²) in [6, 6.07) is 8.50. The predicted octanol–water partition coefficient (Wildman–Crippen LogP) is 2.03. The van der Waals surface area contributed by atoms with Gasteiger partial charge in [0, 0.05) is 5.69 Å². The molecule has 138 valence electrons. The fourth-order valence-electron chi connectivity index (χ4n) is 2.19. The number of carbonyl (C=O) groups is 3. The van der Waals surface area contributed by atoms with Crippen LogP contribution < -0.4 is 10.6 Å². The summed E-state index contributed by atoms with van der Waals surface area (Å²) in [6.07, 6.45) is 1.23. The number of furan rings is 1. The molecule has 2 aromatic rings. The molecule has 0 bridgehead atoms. The van der Waals surface area contributed by atoms with Crippen LogP contribution in [0, 0.1) is 0 Å². The topological polar surface area (TPSA) is 118 Å². The van der Waals surface area contributed by atoms with Crippen LogP contribution in [0.4, 0.5) is 5.69 Å². The van der Waals surface area contributed by atoms with Gasteiger partial charge in [-0.2, -0.15) is 0 Å². The number of amides is 1. The highest BCUT2D eigenvalue weighted by molar-refractivity contribution is 5.95. The Balaban J connectivity index is 1.88. The predicted molar refractivity (Wildman–Crippen MR) is 92.6 cm³/mol. The van der Waals surface area contributed by atoms with Gasteiger partial charge in [0.2, 0.25) is 5.91 Å². The molecular formula is C18H20N2O6. The SMILES string of the molecule is CCOC(=O)c1ccc(NC(=O)C[C@H](NCc2ccco2)C(=O)O)cc1. The maximum atomic E-state index is 12.1. The quantitative estimate of drug-likeness (QED) is 0.586. The van der Waals surface area contributed by atoms with Gasteiger partial charge in [0.15, 0.2) is 0 Å². The lowest BCUT2D eigenvalue weighted by molar-refractivity contribution is -0.141. The van der Waals surface area contributed by atoms with Crippen molar-refractivity contribution in [2.24, 2.45) is 0 Å². The van der Waals surface area contributed by atoms with E-state index in [-0.39, 0.29) is 19.6 Å². The average molecular weight is 360 g/mol. The van der Waals surface area contributed by atoms with Crippen molar-refractivity contribution in [2.45, 2.75) is 25.9 Å². The maximum Gasteiger partial charge on any atom is 0.338 e. The van der Waals surface area contributed by atoms with Gasteiger partial charge in [0.1, 0.15) is 11.8 Å². The first kappa shape index (κ1) is 19.2. The van der Waals surface area contributed by atoms with Crippen molar-refractivity contribution in [3.63, 3.8) is 0 Å². The molecule has 0 radical (unpaired) electrons. The third-order valence-corrected chi connectivity index (χ3v) is 3.47. The lowest BCUT2D eigenvalue weighted by Gasteiger charge is -2.13. The zero-order chi connectivity index (χ0) is 18.9. The molecule has 0 aliphatic heterocycles. The molecule has 8 nitrogen and oxygen atoms in total. The highest BCUT2D eigenvalue weighted by Gasteiger charge is 2.21. The van der Waals surface area contributed by atoms with Gasteiger partial charge in [0.05, 0.1) is 31.4 Å². The minimum Gasteiger partial charge on any atom is -0.480 e. The van der Waals surface area contributed by atoms with Crippen LogP contribution in [0.1, 0.15) is 29.5 Å². The van der Waals surface area contributed by atoms with Gasteiger partial charge < -0.3 is 19.6 Å². The smallest absolute Gasteiger partial charge is 0.338 e. The van der Waals surface area contributed by atoms with Crippen LogP contribution in [0.25, 0.3) is 0 Å². The first-order valence-electron chi connectivity index (χ1n) is 8.05. The van der Waals surface area contributed by atoms with Crippen LogP contribution in [-0.2, 0) is 20.9 Å². The Hall–Kier alpha value is -3.13. The molecule has 2 rings (SSSR count). The largest absolute Gasteiger partial charge is 0.480 e. The van der Waals surface area contributed by atoms with Crippen LogP contribution in [0.15, 0.2) is 47.1 Å². The molecule has 0 unspecified atom stereocenters. The lowest BCUT2D eigenvalue weighted by Crippen LogP contribution is -2.39. The van der Waals surface area contributed by atoms with Crippen LogP contribution in [-0.4, -0.2) is 35.6 Å². The van der Waals surface area contributed by atoms with Gasteiger partial charge >= 0.3 is 11.9 Å². The molecule has 0 aliphatic rings. The Labute approximate surface area is 150 Å². The van der Waals surface area contributed by atoms with E-state index in [0.717, 1.165) is 0 Å². The van der Waals surface area contributed by atoms with E-state index in [1.54, 1.807) is 31.2 Å². The Bertz CT molecular complexity index is 740. The van der Waals surface area contributed by atoms with Gasteiger partial charge in [-0.25, -0.2) is 4.79 Å². The summed E-state index contributed by atoms with van der Waals surface area (Å²) in [5, 5.41) is 14.6. The third kappa shape index (κ3) is 5.75. The molecule has 1 amide bonds. The van der Waals surface area contributed by atoms with Crippen molar-refractivity contribution in [3.05, 3.63) is 54.0 Å². The summed E-state index contributed by atoms with van der Waals surface area (Å²) < 4.78 is 10.00. The van der Waals surface area contributed by atoms with Crippen LogP contribution >= 0.6 is 0 Å². The molecule has 3 N–H and O–H groups in total. The van der Waals surface area contributed by atoms with E-state index in [2.05, 4.69) is 10.6 Å². The Morgan fingerprint density at radius 2 is 1.92 bits per heavy atom. The Kier molecular flexibility index (Phi) is 6.92. The first-order chi connectivity index (χ1) is 12.5. The summed E-state index contributed by atoms with van der Waals surface area (Å²) in [4.78, 5) is 35.0. The van der Waals surface area contributed by atoms with Crippen molar-refractivity contribution in [1.82, 2.24) is 5.32 Å². The van der Waals surface area contributed by atoms with E-state index in [1.165, 1.54) is 18.4 Å². The molecule has 0 saturated heterocycles. The molecule has 1 heterocycles. The van der Waals surface area contributed by atoms with Gasteiger partial charge in [-0.05, 0) is 43.3 Å². The molecular weight excluding hydrogens is 340 g/mol. The molecule has 1 aromatic carbocycles. The van der Waals surface area contributed by atoms with Crippen LogP contribution in [0.3, 0.4) is 0 Å². The number of hydrogen-bond acceptors (Lipinski definition) is 6. The van der Waals surface area contributed by atoms with E-state index >= 15 is 0 Å². The highest BCUT2D eigenvalue weighted by Crippen LogP contribution is 2.11. The number of nitrogens with one attached hydrogen (secondary N) is 2. The second kappa shape index (κ2) is 9.38. The zero-order valence-corrected chi connectivity index (χ0v) is 14.2. The third-order valence-electron chi connectivity index (χ3n) is 3.47. The van der Waals surface area contributed by atoms with E-state index in [0.29, 0.717) is 17.0 Å². The van der Waals surface area contributed by atoms with Gasteiger partial charge in [-0.1, -0.05) is 0 Å². The number of rotatable bonds is 9. The zero-order valence-electron chi connectivity index (χ0n) is 14.2. The lowest BCUT2D eigenvalue weighted by atomic mass is 10.1. The fourth-order valence-corrected chi connectivity index (χ4v) is 2.19. The first-order valence-corrected chi connectivity index (χ1v) is 8.05. The molecule has 0 spiro atoms. The normalized spacial score (nSPS) is 11.6. The molecule has 0 aliphatic carbocycles. The highest BCUT2D eigenvalue weighted by atomic mass is 16.5. The average Bonchev–Trinajstić information content (AvgIpc) is 3.12. The summed E-state index contributed by atoms with van der Waals surface area (Å²) in [5.74, 6) is -1.47. The van der Waals surface area contributed by atoms with Crippen LogP contribution in [0.5, 0.6) is 0 Å². The van der Waals surface area contributed by atoms with Gasteiger partial charge in [0.25, 0.3) is 0 Å². The second-order valence-electron chi connectivity index (χ2n) is 5.40. The number of aliphatic carboxylic acids is 1. The number of anilines is 1. The van der Waals surface area contributed by atoms with E-state index in [4.69, 9.17) is 9.15 Å². The standard InChI is InChI=1S/C18H20N2O6/c1-2-25-18(24)12-5-7-13(8-6-12)20-16(21)10-15(17(22)23)19-11-14-4-3-9-26-14/h3-9,15,19H,2,10-11H2,1H3,(H,20,21)(H,22,23)/t15-/m0/s1. The summed E-state index contributed by atoms with van der Waals surface area (Å²) >= 11 is 0. The monoisotopic (exact) mass is 360 g/mol. The number of carbonyl (C=O) groups excluding carboxylic acids is 2. The number of ether oxygens (including phenoxy) is 1. The molecule has 26 heavy (non-hydrogen) atoms. The summed E-state index contributed by atoms with van der Waals surface area (Å²) in [7, 11) is 0. The fraction of sp³-hybridized carbons (Fsp3) is 0.278. The van der Waals surface area contributed by atoms with E-state index in [9.17, 15) is 19.5 Å². The molecule has 8 heteroatoms. The minimum atomic E-state index is -1.13. The van der Waals surface area contributed by atoms with E-state index < -0.39 is 23.9 Å². The van der Waals surface area contributed by atoms with Gasteiger partial charge in [-0.3, -0.25) is 14.9 Å².